The van der Waals surface area contributed by atoms with Crippen molar-refractivity contribution < 1.29 is 13.9 Å². The Labute approximate surface area is 188 Å². The molecule has 0 spiro atoms. The molecule has 3 N–H and O–H groups in total. The molecule has 0 saturated heterocycles. The van der Waals surface area contributed by atoms with Gasteiger partial charge in [-0.1, -0.05) is 44.2 Å². The molecule has 0 radical (unpaired) electrons. The molecule has 1 unspecified atom stereocenters. The van der Waals surface area contributed by atoms with Crippen LogP contribution in [-0.2, 0) is 4.79 Å². The fourth-order valence-electron chi connectivity index (χ4n) is 3.25. The second-order valence-corrected chi connectivity index (χ2v) is 7.93. The summed E-state index contributed by atoms with van der Waals surface area (Å²) < 4.78 is 19.5. The summed E-state index contributed by atoms with van der Waals surface area (Å²) in [6.45, 7) is 5.62. The number of rotatable bonds is 9. The summed E-state index contributed by atoms with van der Waals surface area (Å²) in [6, 6.07) is 20.9. The van der Waals surface area contributed by atoms with Gasteiger partial charge in [-0.25, -0.2) is 4.39 Å². The molecule has 5 nitrogen and oxygen atoms in total. The minimum Gasteiger partial charge on any atom is -0.484 e. The first kappa shape index (κ1) is 23.0. The van der Waals surface area contributed by atoms with Crippen LogP contribution in [0.15, 0.2) is 72.8 Å². The van der Waals surface area contributed by atoms with Gasteiger partial charge in [0.15, 0.2) is 0 Å². The Kier molecular flexibility index (Phi) is 7.60. The van der Waals surface area contributed by atoms with Gasteiger partial charge in [0.2, 0.25) is 5.91 Å². The van der Waals surface area contributed by atoms with Crippen molar-refractivity contribution in [3.63, 3.8) is 0 Å². The maximum Gasteiger partial charge on any atom is 0.222 e. The highest BCUT2D eigenvalue weighted by atomic mass is 19.1. The van der Waals surface area contributed by atoms with E-state index in [1.807, 2.05) is 63.2 Å². The average Bonchev–Trinajstić information content (AvgIpc) is 2.80. The lowest BCUT2D eigenvalue weighted by atomic mass is 10.0. The number of carbonyl (C=O) groups excluding carboxylic acids is 1. The van der Waals surface area contributed by atoms with E-state index < -0.39 is 6.10 Å². The highest BCUT2D eigenvalue weighted by Crippen LogP contribution is 2.29. The zero-order chi connectivity index (χ0) is 23.1. The number of benzene rings is 3. The molecule has 0 aromatic heterocycles. The summed E-state index contributed by atoms with van der Waals surface area (Å²) in [5.74, 6) is 0.0983. The van der Waals surface area contributed by atoms with Crippen molar-refractivity contribution in [2.24, 2.45) is 5.92 Å². The van der Waals surface area contributed by atoms with Gasteiger partial charge in [-0.15, -0.1) is 0 Å². The van der Waals surface area contributed by atoms with Crippen LogP contribution in [0.4, 0.5) is 15.8 Å². The molecule has 0 heterocycles. The van der Waals surface area contributed by atoms with E-state index in [9.17, 15) is 9.18 Å². The molecule has 0 aliphatic heterocycles. The number of anilines is 2. The van der Waals surface area contributed by atoms with Crippen molar-refractivity contribution in [3.8, 4) is 5.75 Å². The largest absolute Gasteiger partial charge is 0.484 e. The summed E-state index contributed by atoms with van der Waals surface area (Å²) in [6.07, 6.45) is 0.827. The van der Waals surface area contributed by atoms with Gasteiger partial charge in [-0.05, 0) is 55.0 Å². The van der Waals surface area contributed by atoms with Crippen molar-refractivity contribution in [1.82, 2.24) is 5.32 Å². The number of hydrogen-bond donors (Lipinski definition) is 3. The normalized spacial score (nSPS) is 12.7. The zero-order valence-corrected chi connectivity index (χ0v) is 18.4. The number of amides is 1. The van der Waals surface area contributed by atoms with Crippen LogP contribution >= 0.6 is 0 Å². The molecule has 3 rings (SSSR count). The Balaban J connectivity index is 1.84. The van der Waals surface area contributed by atoms with E-state index in [2.05, 4.69) is 10.6 Å². The minimum atomic E-state index is -0.409. The number of carbonyl (C=O) groups is 1. The van der Waals surface area contributed by atoms with Crippen LogP contribution in [0, 0.1) is 17.1 Å². The molecule has 0 aliphatic carbocycles. The van der Waals surface area contributed by atoms with E-state index in [4.69, 9.17) is 10.1 Å². The van der Waals surface area contributed by atoms with Crippen molar-refractivity contribution in [2.45, 2.75) is 32.9 Å². The molecule has 3 aromatic carbocycles. The SMILES string of the molecule is CC(C)C(=O)NC(C)[C@H](Oc1ccc(Nc2ccc(F)cc2)c(C=N)c1)c1ccccc1. The van der Waals surface area contributed by atoms with Crippen LogP contribution < -0.4 is 15.4 Å². The van der Waals surface area contributed by atoms with E-state index in [-0.39, 0.29) is 23.7 Å². The van der Waals surface area contributed by atoms with Gasteiger partial charge >= 0.3 is 0 Å². The highest BCUT2D eigenvalue weighted by Gasteiger charge is 2.24. The molecule has 0 aliphatic rings. The van der Waals surface area contributed by atoms with Crippen molar-refractivity contribution in [2.75, 3.05) is 5.32 Å². The monoisotopic (exact) mass is 433 g/mol. The predicted octanol–water partition coefficient (Wildman–Crippen LogP) is 5.85. The maximum atomic E-state index is 13.2. The Morgan fingerprint density at radius 1 is 1.00 bits per heavy atom. The molecule has 0 saturated carbocycles. The summed E-state index contributed by atoms with van der Waals surface area (Å²) >= 11 is 0. The van der Waals surface area contributed by atoms with E-state index in [1.54, 1.807) is 18.2 Å². The molecule has 3 aromatic rings. The Bertz CT molecular complexity index is 1050. The lowest BCUT2D eigenvalue weighted by Gasteiger charge is -2.27. The molecule has 0 fully saturated rings. The predicted molar refractivity (Wildman–Crippen MR) is 126 cm³/mol. The van der Waals surface area contributed by atoms with E-state index in [0.29, 0.717) is 17.0 Å². The van der Waals surface area contributed by atoms with Crippen molar-refractivity contribution in [1.29, 1.82) is 5.41 Å². The quantitative estimate of drug-likeness (QED) is 0.371. The van der Waals surface area contributed by atoms with E-state index in [1.165, 1.54) is 18.3 Å². The molecular weight excluding hydrogens is 405 g/mol. The fourth-order valence-corrected chi connectivity index (χ4v) is 3.25. The standard InChI is InChI=1S/C26H28FN3O2/c1-17(2)26(31)29-18(3)25(19-7-5-4-6-8-19)32-23-13-14-24(20(15-23)16-28)30-22-11-9-21(27)10-12-22/h4-18,25,28,30H,1-3H3,(H,29,31)/t18?,25-/m0/s1. The topological polar surface area (TPSA) is 74.2 Å². The summed E-state index contributed by atoms with van der Waals surface area (Å²) in [4.78, 5) is 12.3. The second-order valence-electron chi connectivity index (χ2n) is 7.93. The smallest absolute Gasteiger partial charge is 0.222 e. The third kappa shape index (κ3) is 5.94. The third-order valence-electron chi connectivity index (χ3n) is 5.04. The van der Waals surface area contributed by atoms with Gasteiger partial charge in [0, 0.05) is 29.1 Å². The lowest BCUT2D eigenvalue weighted by molar-refractivity contribution is -0.125. The van der Waals surface area contributed by atoms with Crippen molar-refractivity contribution in [3.05, 3.63) is 89.7 Å². The summed E-state index contributed by atoms with van der Waals surface area (Å²) in [5.41, 5.74) is 2.98. The van der Waals surface area contributed by atoms with E-state index in [0.717, 1.165) is 11.3 Å². The number of halogens is 1. The maximum absolute atomic E-state index is 13.2. The van der Waals surface area contributed by atoms with Gasteiger partial charge in [0.1, 0.15) is 17.7 Å². The number of nitrogens with one attached hydrogen (secondary N) is 3. The van der Waals surface area contributed by atoms with Crippen LogP contribution in [0.5, 0.6) is 5.75 Å². The molecule has 1 amide bonds. The molecule has 166 valence electrons. The number of hydrogen-bond acceptors (Lipinski definition) is 4. The van der Waals surface area contributed by atoms with Gasteiger partial charge in [0.05, 0.1) is 6.04 Å². The Morgan fingerprint density at radius 2 is 1.69 bits per heavy atom. The van der Waals surface area contributed by atoms with Gasteiger partial charge in [0.25, 0.3) is 0 Å². The van der Waals surface area contributed by atoms with Gasteiger partial charge < -0.3 is 20.8 Å². The van der Waals surface area contributed by atoms with Crippen LogP contribution in [-0.4, -0.2) is 18.2 Å². The molecule has 2 atom stereocenters. The first-order valence-corrected chi connectivity index (χ1v) is 10.6. The molecule has 6 heteroatoms. The van der Waals surface area contributed by atoms with Crippen LogP contribution in [0.1, 0.15) is 38.0 Å². The van der Waals surface area contributed by atoms with Crippen LogP contribution in [0.2, 0.25) is 0 Å². The highest BCUT2D eigenvalue weighted by molar-refractivity contribution is 5.88. The lowest BCUT2D eigenvalue weighted by Crippen LogP contribution is -2.41. The summed E-state index contributed by atoms with van der Waals surface area (Å²) in [5, 5.41) is 14.0. The second kappa shape index (κ2) is 10.6. The van der Waals surface area contributed by atoms with E-state index >= 15 is 0 Å². The zero-order valence-electron chi connectivity index (χ0n) is 18.4. The Hall–Kier alpha value is -3.67. The minimum absolute atomic E-state index is 0.0407. The van der Waals surface area contributed by atoms with Gasteiger partial charge in [-0.2, -0.15) is 0 Å². The van der Waals surface area contributed by atoms with Crippen LogP contribution in [0.25, 0.3) is 0 Å². The molecular formula is C26H28FN3O2. The first-order chi connectivity index (χ1) is 15.4. The third-order valence-corrected chi connectivity index (χ3v) is 5.04. The molecule has 32 heavy (non-hydrogen) atoms. The van der Waals surface area contributed by atoms with Crippen molar-refractivity contribution >= 4 is 23.5 Å². The molecule has 0 bridgehead atoms. The average molecular weight is 434 g/mol. The Morgan fingerprint density at radius 3 is 2.31 bits per heavy atom. The van der Waals surface area contributed by atoms with Gasteiger partial charge in [-0.3, -0.25) is 4.79 Å². The summed E-state index contributed by atoms with van der Waals surface area (Å²) in [7, 11) is 0. The first-order valence-electron chi connectivity index (χ1n) is 10.6. The number of ether oxygens (including phenoxy) is 1. The van der Waals surface area contributed by atoms with Crippen LogP contribution in [0.3, 0.4) is 0 Å². The fraction of sp³-hybridized carbons (Fsp3) is 0.231.